The Balaban J connectivity index is 2.20. The van der Waals surface area contributed by atoms with Crippen molar-refractivity contribution in [3.8, 4) is 11.5 Å². The molecule has 11 heteroatoms. The molecule has 0 saturated heterocycles. The molecule has 0 fully saturated rings. The van der Waals surface area contributed by atoms with Gasteiger partial charge in [-0.1, -0.05) is 5.16 Å². The summed E-state index contributed by atoms with van der Waals surface area (Å²) in [5, 5.41) is 16.8. The quantitative estimate of drug-likeness (QED) is 0.671. The Bertz CT molecular complexity index is 804. The average Bonchev–Trinajstić information content (AvgIpc) is 2.97. The van der Waals surface area contributed by atoms with Gasteiger partial charge in [0.15, 0.2) is 5.82 Å². The summed E-state index contributed by atoms with van der Waals surface area (Å²) < 4.78 is 43.7. The minimum atomic E-state index is -4.60. The summed E-state index contributed by atoms with van der Waals surface area (Å²) in [6.45, 7) is 1.59. The molecule has 0 bridgehead atoms. The number of urea groups is 1. The van der Waals surface area contributed by atoms with Crippen LogP contribution in [0.4, 0.5) is 23.7 Å². The van der Waals surface area contributed by atoms with Gasteiger partial charge in [0.25, 0.3) is 5.89 Å². The molecule has 0 aliphatic rings. The van der Waals surface area contributed by atoms with Crippen molar-refractivity contribution in [2.75, 3.05) is 11.9 Å². The van der Waals surface area contributed by atoms with Crippen molar-refractivity contribution in [3.63, 3.8) is 0 Å². The number of nitrogens with one attached hydrogen (secondary N) is 2. The highest BCUT2D eigenvalue weighted by atomic mass is 19.4. The molecule has 2 amide bonds. The molecule has 0 aliphatic heterocycles. The van der Waals surface area contributed by atoms with E-state index in [-0.39, 0.29) is 42.4 Å². The molecule has 0 radical (unpaired) electrons. The summed E-state index contributed by atoms with van der Waals surface area (Å²) in [6.07, 6.45) is -4.56. The molecule has 0 atom stereocenters. The summed E-state index contributed by atoms with van der Waals surface area (Å²) in [6, 6.07) is 1.93. The van der Waals surface area contributed by atoms with E-state index in [1.807, 2.05) is 0 Å². The van der Waals surface area contributed by atoms with Crippen LogP contribution in [-0.2, 0) is 11.0 Å². The van der Waals surface area contributed by atoms with Gasteiger partial charge < -0.3 is 20.3 Å². The van der Waals surface area contributed by atoms with Crippen molar-refractivity contribution in [1.82, 2.24) is 15.5 Å². The molecule has 1 aromatic heterocycles. The number of amides is 2. The van der Waals surface area contributed by atoms with Gasteiger partial charge in [-0.3, -0.25) is 4.79 Å². The molecule has 3 N–H and O–H groups in total. The number of halogens is 3. The maximum absolute atomic E-state index is 12.9. The number of nitrogens with zero attached hydrogens (tertiary/aromatic N) is 2. The normalized spacial score (nSPS) is 11.2. The minimum Gasteiger partial charge on any atom is -0.481 e. The lowest BCUT2D eigenvalue weighted by Crippen LogP contribution is -2.30. The number of hydrogen-bond donors (Lipinski definition) is 3. The van der Waals surface area contributed by atoms with E-state index >= 15 is 0 Å². The summed E-state index contributed by atoms with van der Waals surface area (Å²) in [5.74, 6) is -0.777. The highest BCUT2D eigenvalue weighted by Gasteiger charge is 2.31. The lowest BCUT2D eigenvalue weighted by Gasteiger charge is -2.13. The molecular weight excluding hydrogens is 357 g/mol. The van der Waals surface area contributed by atoms with E-state index in [0.717, 1.165) is 18.2 Å². The topological polar surface area (TPSA) is 117 Å². The smallest absolute Gasteiger partial charge is 0.416 e. The Morgan fingerprint density at radius 2 is 2.04 bits per heavy atom. The molecule has 0 unspecified atom stereocenters. The molecule has 26 heavy (non-hydrogen) atoms. The average molecular weight is 372 g/mol. The summed E-state index contributed by atoms with van der Waals surface area (Å²) in [4.78, 5) is 26.2. The molecule has 0 saturated carbocycles. The number of aryl methyl sites for hydroxylation is 1. The largest absolute Gasteiger partial charge is 0.481 e. The second-order valence-corrected chi connectivity index (χ2v) is 5.28. The van der Waals surface area contributed by atoms with Crippen LogP contribution in [0, 0.1) is 6.92 Å². The van der Waals surface area contributed by atoms with E-state index in [1.54, 1.807) is 6.92 Å². The Morgan fingerprint density at radius 3 is 2.62 bits per heavy atom. The second-order valence-electron chi connectivity index (χ2n) is 5.28. The number of benzene rings is 1. The first-order valence-corrected chi connectivity index (χ1v) is 7.45. The van der Waals surface area contributed by atoms with E-state index in [1.165, 1.54) is 0 Å². The molecule has 1 heterocycles. The standard InChI is InChI=1S/C15H15F3N4O4/c1-8-20-13(26-22-8)10-5-4-9(15(16,17)18)7-11(10)21-14(25)19-6-2-3-12(23)24/h4-5,7H,2-3,6H2,1H3,(H,23,24)(H2,19,21,25). The number of carboxylic acids is 1. The van der Waals surface area contributed by atoms with E-state index in [2.05, 4.69) is 20.8 Å². The summed E-state index contributed by atoms with van der Waals surface area (Å²) >= 11 is 0. The van der Waals surface area contributed by atoms with E-state index < -0.39 is 23.7 Å². The zero-order valence-corrected chi connectivity index (χ0v) is 13.6. The maximum atomic E-state index is 12.9. The molecule has 8 nitrogen and oxygen atoms in total. The first-order valence-electron chi connectivity index (χ1n) is 7.45. The van der Waals surface area contributed by atoms with Gasteiger partial charge in [-0.15, -0.1) is 0 Å². The molecule has 0 aliphatic carbocycles. The SMILES string of the molecule is Cc1noc(-c2ccc(C(F)(F)F)cc2NC(=O)NCCCC(=O)O)n1. The summed E-state index contributed by atoms with van der Waals surface area (Å²) in [5.41, 5.74) is -1.00. The van der Waals surface area contributed by atoms with Crippen LogP contribution >= 0.6 is 0 Å². The molecule has 0 spiro atoms. The Hall–Kier alpha value is -3.11. The van der Waals surface area contributed by atoms with Gasteiger partial charge in [0.2, 0.25) is 0 Å². The van der Waals surface area contributed by atoms with Gasteiger partial charge in [-0.05, 0) is 31.5 Å². The van der Waals surface area contributed by atoms with Gasteiger partial charge >= 0.3 is 18.2 Å². The van der Waals surface area contributed by atoms with Crippen LogP contribution in [0.1, 0.15) is 24.2 Å². The molecule has 2 rings (SSSR count). The van der Waals surface area contributed by atoms with Crippen LogP contribution in [-0.4, -0.2) is 33.8 Å². The van der Waals surface area contributed by atoms with Crippen LogP contribution in [0.2, 0.25) is 0 Å². The highest BCUT2D eigenvalue weighted by molar-refractivity contribution is 5.93. The fourth-order valence-electron chi connectivity index (χ4n) is 2.03. The van der Waals surface area contributed by atoms with Crippen molar-refractivity contribution in [1.29, 1.82) is 0 Å². The van der Waals surface area contributed by atoms with Crippen molar-refractivity contribution in [2.24, 2.45) is 0 Å². The molecule has 1 aromatic carbocycles. The number of aliphatic carboxylic acids is 1. The predicted octanol–water partition coefficient (Wildman–Crippen LogP) is 3.05. The number of carbonyl (C=O) groups is 2. The first-order chi connectivity index (χ1) is 12.2. The fourth-order valence-corrected chi connectivity index (χ4v) is 2.03. The van der Waals surface area contributed by atoms with Gasteiger partial charge in [0.05, 0.1) is 16.8 Å². The number of hydrogen-bond acceptors (Lipinski definition) is 5. The van der Waals surface area contributed by atoms with Crippen LogP contribution in [0.25, 0.3) is 11.5 Å². The Morgan fingerprint density at radius 1 is 1.31 bits per heavy atom. The fraction of sp³-hybridized carbons (Fsp3) is 0.333. The zero-order chi connectivity index (χ0) is 19.3. The third kappa shape index (κ3) is 5.19. The van der Waals surface area contributed by atoms with Gasteiger partial charge in [-0.25, -0.2) is 4.79 Å². The van der Waals surface area contributed by atoms with Crippen molar-refractivity contribution >= 4 is 17.7 Å². The Kier molecular flexibility index (Phi) is 5.80. The number of rotatable bonds is 6. The molecular formula is C15H15F3N4O4. The lowest BCUT2D eigenvalue weighted by molar-refractivity contribution is -0.138. The lowest BCUT2D eigenvalue weighted by atomic mass is 10.1. The number of anilines is 1. The first kappa shape index (κ1) is 19.2. The van der Waals surface area contributed by atoms with Crippen molar-refractivity contribution in [3.05, 3.63) is 29.6 Å². The predicted molar refractivity (Wildman–Crippen MR) is 83.4 cm³/mol. The monoisotopic (exact) mass is 372 g/mol. The van der Waals surface area contributed by atoms with Crippen molar-refractivity contribution < 1.29 is 32.4 Å². The zero-order valence-electron chi connectivity index (χ0n) is 13.6. The van der Waals surface area contributed by atoms with Crippen LogP contribution in [0.5, 0.6) is 0 Å². The number of aromatic nitrogens is 2. The second kappa shape index (κ2) is 7.85. The van der Waals surface area contributed by atoms with E-state index in [0.29, 0.717) is 0 Å². The van der Waals surface area contributed by atoms with E-state index in [4.69, 9.17) is 9.63 Å². The molecule has 2 aromatic rings. The maximum Gasteiger partial charge on any atom is 0.416 e. The number of carboxylic acid groups (broad SMARTS) is 1. The van der Waals surface area contributed by atoms with Crippen LogP contribution < -0.4 is 10.6 Å². The number of carbonyl (C=O) groups excluding carboxylic acids is 1. The van der Waals surface area contributed by atoms with Gasteiger partial charge in [0.1, 0.15) is 0 Å². The minimum absolute atomic E-state index is 0.0441. The van der Waals surface area contributed by atoms with Crippen molar-refractivity contribution in [2.45, 2.75) is 25.9 Å². The number of alkyl halides is 3. The van der Waals surface area contributed by atoms with Gasteiger partial charge in [0, 0.05) is 13.0 Å². The third-order valence-corrected chi connectivity index (χ3v) is 3.21. The third-order valence-electron chi connectivity index (χ3n) is 3.21. The van der Waals surface area contributed by atoms with Gasteiger partial charge in [-0.2, -0.15) is 18.2 Å². The highest BCUT2D eigenvalue weighted by Crippen LogP contribution is 2.35. The van der Waals surface area contributed by atoms with Crippen LogP contribution in [0.15, 0.2) is 22.7 Å². The summed E-state index contributed by atoms with van der Waals surface area (Å²) in [7, 11) is 0. The van der Waals surface area contributed by atoms with Crippen LogP contribution in [0.3, 0.4) is 0 Å². The molecule has 140 valence electrons. The Labute approximate surface area is 145 Å². The van der Waals surface area contributed by atoms with E-state index in [9.17, 15) is 22.8 Å².